The first-order chi connectivity index (χ1) is 46.0. The van der Waals surface area contributed by atoms with Crippen molar-refractivity contribution >= 4 is 19.8 Å². The average Bonchev–Trinajstić information content (AvgIpc) is 1.56. The lowest BCUT2D eigenvalue weighted by Gasteiger charge is -2.24. The summed E-state index contributed by atoms with van der Waals surface area (Å²) in [6.45, 7) is 4.16. The Labute approximate surface area is 576 Å². The van der Waals surface area contributed by atoms with Crippen LogP contribution < -0.4 is 0 Å². The summed E-state index contributed by atoms with van der Waals surface area (Å²) in [4.78, 5) is 35.9. The van der Waals surface area contributed by atoms with Gasteiger partial charge in [-0.1, -0.05) is 304 Å². The smallest absolute Gasteiger partial charge is 0.462 e. The van der Waals surface area contributed by atoms with E-state index in [9.17, 15) is 19.0 Å². The van der Waals surface area contributed by atoms with Gasteiger partial charge in [0.05, 0.1) is 27.7 Å². The van der Waals surface area contributed by atoms with Gasteiger partial charge >= 0.3 is 19.8 Å². The molecule has 0 aliphatic heterocycles. The second-order valence-electron chi connectivity index (χ2n) is 24.9. The van der Waals surface area contributed by atoms with Crippen LogP contribution in [0.2, 0.25) is 0 Å². The van der Waals surface area contributed by atoms with E-state index in [1.54, 1.807) is 0 Å². The molecule has 0 aromatic carbocycles. The summed E-state index contributed by atoms with van der Waals surface area (Å²) in [6, 6.07) is 0. The summed E-state index contributed by atoms with van der Waals surface area (Å²) in [6.07, 6.45) is 114. The molecule has 0 bridgehead atoms. The van der Waals surface area contributed by atoms with E-state index < -0.39 is 26.5 Å². The van der Waals surface area contributed by atoms with E-state index in [1.807, 2.05) is 21.1 Å². The van der Waals surface area contributed by atoms with Crippen molar-refractivity contribution in [3.63, 3.8) is 0 Å². The number of phosphoric acid groups is 1. The van der Waals surface area contributed by atoms with Crippen molar-refractivity contribution in [1.82, 2.24) is 0 Å². The molecule has 2 atom stereocenters. The van der Waals surface area contributed by atoms with Gasteiger partial charge in [-0.3, -0.25) is 18.6 Å². The summed E-state index contributed by atoms with van der Waals surface area (Å²) >= 11 is 0. The Hall–Kier alpha value is -5.41. The van der Waals surface area contributed by atoms with Crippen molar-refractivity contribution in [3.05, 3.63) is 207 Å². The quantitative estimate of drug-likeness (QED) is 0.0211. The molecule has 0 rings (SSSR count). The predicted octanol–water partition coefficient (Wildman–Crippen LogP) is 24.6. The molecule has 0 saturated carbocycles. The minimum absolute atomic E-state index is 0.0170. The number of nitrogens with zero attached hydrogens (tertiary/aromatic N) is 1. The number of allylic oxidation sites excluding steroid dienone is 34. The summed E-state index contributed by atoms with van der Waals surface area (Å²) in [5.74, 6) is -0.831. The molecule has 10 heteroatoms. The highest BCUT2D eigenvalue weighted by molar-refractivity contribution is 7.47. The van der Waals surface area contributed by atoms with Gasteiger partial charge in [-0.05, 0) is 148 Å². The van der Waals surface area contributed by atoms with Crippen LogP contribution in [-0.4, -0.2) is 74.9 Å². The maximum atomic E-state index is 12.9. The molecule has 94 heavy (non-hydrogen) atoms. The van der Waals surface area contributed by atoms with Crippen molar-refractivity contribution in [2.24, 2.45) is 0 Å². The van der Waals surface area contributed by atoms with E-state index in [4.69, 9.17) is 18.5 Å². The third-order valence-electron chi connectivity index (χ3n) is 14.8. The van der Waals surface area contributed by atoms with E-state index in [-0.39, 0.29) is 32.0 Å². The van der Waals surface area contributed by atoms with Crippen LogP contribution in [0.5, 0.6) is 0 Å². The number of hydrogen-bond donors (Lipinski definition) is 1. The number of unbranched alkanes of at least 4 members (excludes halogenated alkanes) is 17. The third-order valence-corrected chi connectivity index (χ3v) is 15.8. The first kappa shape index (κ1) is 88.6. The number of ether oxygens (including phenoxy) is 2. The van der Waals surface area contributed by atoms with Gasteiger partial charge in [-0.15, -0.1) is 0 Å². The van der Waals surface area contributed by atoms with Crippen LogP contribution >= 0.6 is 7.82 Å². The minimum atomic E-state index is -4.41. The van der Waals surface area contributed by atoms with E-state index in [0.717, 1.165) is 180 Å². The van der Waals surface area contributed by atoms with Crippen molar-refractivity contribution in [2.75, 3.05) is 47.5 Å². The second kappa shape index (κ2) is 71.9. The molecular formula is C84H135NO8P+. The SMILES string of the molecule is CC/C=C\C/C=C\C/C=C\C/C=C\C/C=C\C/C=C\C/C=C\C/C=C\C/C=C\C/C=C\CCCCCCCCC(=O)OC(COC(=O)CCCCCCCCCCCCC/C=C\C/C=C\C/C=C\C/C=C\C/C=C\C/C=C\C/C=C\CC)COP(=O)(O)OCC[N+](C)(C)C. The summed E-state index contributed by atoms with van der Waals surface area (Å²) < 4.78 is 34.7. The van der Waals surface area contributed by atoms with Crippen LogP contribution in [0.4, 0.5) is 0 Å². The molecule has 0 aromatic rings. The van der Waals surface area contributed by atoms with Gasteiger partial charge in [0.1, 0.15) is 19.8 Å². The lowest BCUT2D eigenvalue weighted by atomic mass is 10.0. The molecule has 0 heterocycles. The maximum absolute atomic E-state index is 12.9. The van der Waals surface area contributed by atoms with Gasteiger partial charge in [0.2, 0.25) is 0 Å². The Morgan fingerprint density at radius 2 is 0.574 bits per heavy atom. The lowest BCUT2D eigenvalue weighted by molar-refractivity contribution is -0.870. The Morgan fingerprint density at radius 3 is 0.851 bits per heavy atom. The van der Waals surface area contributed by atoms with Crippen LogP contribution in [-0.2, 0) is 32.7 Å². The maximum Gasteiger partial charge on any atom is 0.472 e. The fourth-order valence-corrected chi connectivity index (χ4v) is 10.0. The molecule has 0 aliphatic rings. The minimum Gasteiger partial charge on any atom is -0.462 e. The second-order valence-corrected chi connectivity index (χ2v) is 26.3. The number of rotatable bonds is 65. The normalized spacial score (nSPS) is 14.3. The number of likely N-dealkylation sites (N-methyl/N-ethyl adjacent to an activating group) is 1. The highest BCUT2D eigenvalue weighted by atomic mass is 31.2. The van der Waals surface area contributed by atoms with Crippen LogP contribution in [0.15, 0.2) is 207 Å². The van der Waals surface area contributed by atoms with Gasteiger partial charge in [0.15, 0.2) is 6.10 Å². The number of carbonyl (C=O) groups excluding carboxylic acids is 2. The number of quaternary nitrogens is 1. The first-order valence-corrected chi connectivity index (χ1v) is 38.3. The number of esters is 2. The molecule has 1 N–H and O–H groups in total. The van der Waals surface area contributed by atoms with Crippen LogP contribution in [0.3, 0.4) is 0 Å². The van der Waals surface area contributed by atoms with E-state index in [1.165, 1.54) is 44.9 Å². The number of carbonyl (C=O) groups is 2. The largest absolute Gasteiger partial charge is 0.472 e. The lowest BCUT2D eigenvalue weighted by Crippen LogP contribution is -2.37. The molecule has 9 nitrogen and oxygen atoms in total. The zero-order chi connectivity index (χ0) is 68.3. The number of phosphoric ester groups is 1. The third kappa shape index (κ3) is 75.6. The Bertz CT molecular complexity index is 2340. The monoisotopic (exact) mass is 1320 g/mol. The van der Waals surface area contributed by atoms with Crippen LogP contribution in [0, 0.1) is 0 Å². The van der Waals surface area contributed by atoms with Gasteiger partial charge in [-0.2, -0.15) is 0 Å². The summed E-state index contributed by atoms with van der Waals surface area (Å²) in [7, 11) is 1.44. The summed E-state index contributed by atoms with van der Waals surface area (Å²) in [5.41, 5.74) is 0. The highest BCUT2D eigenvalue weighted by Crippen LogP contribution is 2.43. The fraction of sp³-hybridized carbons (Fsp3) is 0.571. The standard InChI is InChI=1S/C84H134NO8P/c1-6-8-10-12-14-16-18-20-22-24-26-28-30-32-34-36-38-40-41-42-43-45-47-49-51-53-55-57-59-61-63-65-67-69-71-73-75-77-84(87)93-82(81-92-94(88,89)91-79-78-85(3,4)5)80-90-83(86)76-74-72-70-68-66-64-62-60-58-56-54-52-50-48-46-44-39-37-35-33-31-29-27-25-23-21-19-17-15-13-11-9-7-2/h8-11,14-17,20-23,26-29,32-35,38-40,42-44,47-50,53,55,59,61,82H,6-7,12-13,18-19,24-25,30-31,36-37,41,45-46,51-52,54,56-58,60,62-81H2,1-5H3/p+1/b10-8-,11-9-,16-14-,17-15-,22-20-,23-21-,28-26-,29-27-,34-32-,35-33-,40-38-,43-42-,44-39-,49-47-,50-48-,55-53-,61-59-. The molecular weight excluding hydrogens is 1180 g/mol. The van der Waals surface area contributed by atoms with Gasteiger partial charge in [-0.25, -0.2) is 4.57 Å². The molecule has 0 fully saturated rings. The van der Waals surface area contributed by atoms with Crippen molar-refractivity contribution in [1.29, 1.82) is 0 Å². The molecule has 0 aliphatic carbocycles. The molecule has 2 unspecified atom stereocenters. The average molecular weight is 1320 g/mol. The molecule has 0 radical (unpaired) electrons. The van der Waals surface area contributed by atoms with Gasteiger partial charge in [0, 0.05) is 12.8 Å². The molecule has 0 spiro atoms. The van der Waals surface area contributed by atoms with Gasteiger partial charge < -0.3 is 18.9 Å². The van der Waals surface area contributed by atoms with Crippen LogP contribution in [0.25, 0.3) is 0 Å². The highest BCUT2D eigenvalue weighted by Gasteiger charge is 2.27. The topological polar surface area (TPSA) is 108 Å². The molecule has 0 amide bonds. The van der Waals surface area contributed by atoms with Crippen molar-refractivity contribution < 1.29 is 42.1 Å². The molecule has 0 saturated heterocycles. The predicted molar refractivity (Wildman–Crippen MR) is 408 cm³/mol. The Kier molecular flexibility index (Phi) is 67.7. The van der Waals surface area contributed by atoms with Crippen molar-refractivity contribution in [3.8, 4) is 0 Å². The molecule has 0 aromatic heterocycles. The first-order valence-electron chi connectivity index (χ1n) is 36.8. The summed E-state index contributed by atoms with van der Waals surface area (Å²) in [5, 5.41) is 0. The Balaban J connectivity index is 4.16. The zero-order valence-electron chi connectivity index (χ0n) is 60.1. The van der Waals surface area contributed by atoms with E-state index in [0.29, 0.717) is 17.4 Å². The molecule has 528 valence electrons. The Morgan fingerprint density at radius 1 is 0.330 bits per heavy atom. The van der Waals surface area contributed by atoms with Gasteiger partial charge in [0.25, 0.3) is 0 Å². The van der Waals surface area contributed by atoms with Crippen molar-refractivity contribution in [2.45, 2.75) is 264 Å². The van der Waals surface area contributed by atoms with E-state index in [2.05, 4.69) is 220 Å². The van der Waals surface area contributed by atoms with E-state index >= 15 is 0 Å². The van der Waals surface area contributed by atoms with Crippen LogP contribution in [0.1, 0.15) is 258 Å². The zero-order valence-corrected chi connectivity index (χ0v) is 61.0. The fourth-order valence-electron chi connectivity index (χ4n) is 9.26. The number of hydrogen-bond acceptors (Lipinski definition) is 7.